The van der Waals surface area contributed by atoms with Crippen LogP contribution in [0.15, 0.2) is 53.4 Å². The number of carbonyl (C=O) groups excluding carboxylic acids is 1. The molecule has 1 saturated heterocycles. The highest BCUT2D eigenvalue weighted by Gasteiger charge is 2.27. The van der Waals surface area contributed by atoms with Gasteiger partial charge in [0.05, 0.1) is 11.0 Å². The van der Waals surface area contributed by atoms with Crippen molar-refractivity contribution in [3.05, 3.63) is 65.2 Å². The van der Waals surface area contributed by atoms with Crippen LogP contribution in [0.25, 0.3) is 0 Å². The van der Waals surface area contributed by atoms with Gasteiger partial charge in [-0.05, 0) is 56.4 Å². The van der Waals surface area contributed by atoms with Crippen molar-refractivity contribution in [1.82, 2.24) is 9.62 Å². The zero-order chi connectivity index (χ0) is 22.3. The zero-order valence-corrected chi connectivity index (χ0v) is 19.2. The van der Waals surface area contributed by atoms with Gasteiger partial charge in [-0.25, -0.2) is 8.42 Å². The minimum absolute atomic E-state index is 0.00387. The van der Waals surface area contributed by atoms with Crippen molar-refractivity contribution in [3.63, 3.8) is 0 Å². The van der Waals surface area contributed by atoms with Gasteiger partial charge < -0.3 is 10.1 Å². The second kappa shape index (κ2) is 10.9. The number of rotatable bonds is 9. The van der Waals surface area contributed by atoms with E-state index in [1.165, 1.54) is 10.4 Å². The zero-order valence-electron chi connectivity index (χ0n) is 18.3. The van der Waals surface area contributed by atoms with Crippen molar-refractivity contribution in [1.29, 1.82) is 0 Å². The summed E-state index contributed by atoms with van der Waals surface area (Å²) in [6.45, 7) is 5.89. The molecule has 1 unspecified atom stereocenters. The molecule has 3 rings (SSSR count). The van der Waals surface area contributed by atoms with Gasteiger partial charge in [-0.15, -0.1) is 0 Å². The Balaban J connectivity index is 1.53. The number of nitrogens with zero attached hydrogens (tertiary/aromatic N) is 1. The molecule has 2 aromatic rings. The van der Waals surface area contributed by atoms with Crippen molar-refractivity contribution < 1.29 is 17.9 Å². The molecule has 1 fully saturated rings. The first-order valence-corrected chi connectivity index (χ1v) is 12.4. The van der Waals surface area contributed by atoms with Crippen LogP contribution in [0.1, 0.15) is 60.2 Å². The molecule has 7 heteroatoms. The maximum absolute atomic E-state index is 12.9. The fourth-order valence-electron chi connectivity index (χ4n) is 3.71. The highest BCUT2D eigenvalue weighted by atomic mass is 32.2. The first-order valence-electron chi connectivity index (χ1n) is 10.9. The van der Waals surface area contributed by atoms with Gasteiger partial charge in [0.1, 0.15) is 0 Å². The van der Waals surface area contributed by atoms with E-state index in [0.29, 0.717) is 38.2 Å². The molecule has 1 atom stereocenters. The van der Waals surface area contributed by atoms with Gasteiger partial charge in [0.15, 0.2) is 0 Å². The molecule has 0 saturated carbocycles. The Morgan fingerprint density at radius 2 is 1.81 bits per heavy atom. The number of benzene rings is 2. The predicted molar refractivity (Wildman–Crippen MR) is 122 cm³/mol. The number of aryl methyl sites for hydroxylation is 1. The Morgan fingerprint density at radius 3 is 2.52 bits per heavy atom. The van der Waals surface area contributed by atoms with E-state index in [-0.39, 0.29) is 16.9 Å². The lowest BCUT2D eigenvalue weighted by molar-refractivity contribution is 0.0635. The van der Waals surface area contributed by atoms with Crippen LogP contribution in [0.4, 0.5) is 0 Å². The third-order valence-electron chi connectivity index (χ3n) is 5.65. The van der Waals surface area contributed by atoms with Gasteiger partial charge >= 0.3 is 0 Å². The summed E-state index contributed by atoms with van der Waals surface area (Å²) in [5.41, 5.74) is 2.27. The number of nitrogens with one attached hydrogen (secondary N) is 1. The van der Waals surface area contributed by atoms with Gasteiger partial charge in [-0.1, -0.05) is 42.8 Å². The topological polar surface area (TPSA) is 75.7 Å². The first kappa shape index (κ1) is 23.4. The first-order chi connectivity index (χ1) is 14.9. The molecule has 0 bridgehead atoms. The Bertz CT molecular complexity index is 970. The van der Waals surface area contributed by atoms with E-state index in [4.69, 9.17) is 4.74 Å². The number of ether oxygens (including phenoxy) is 1. The summed E-state index contributed by atoms with van der Waals surface area (Å²) >= 11 is 0. The quantitative estimate of drug-likeness (QED) is 0.592. The number of piperidine rings is 1. The van der Waals surface area contributed by atoms with E-state index in [1.807, 2.05) is 44.2 Å². The standard InChI is InChI=1S/C24H32N2O4S/c1-19-12-13-22(31(28,29)26-15-7-4-8-16-26)18-23(19)24(27)25-14-9-17-30-20(2)21-10-5-3-6-11-21/h3,5-6,10-13,18,20H,4,7-9,14-17H2,1-2H3,(H,25,27). The Hall–Kier alpha value is -2.22. The highest BCUT2D eigenvalue weighted by molar-refractivity contribution is 7.89. The van der Waals surface area contributed by atoms with E-state index >= 15 is 0 Å². The molecule has 0 spiro atoms. The molecule has 6 nitrogen and oxygen atoms in total. The van der Waals surface area contributed by atoms with Crippen molar-refractivity contribution in [2.75, 3.05) is 26.2 Å². The number of sulfonamides is 1. The lowest BCUT2D eigenvalue weighted by atomic mass is 10.1. The lowest BCUT2D eigenvalue weighted by Gasteiger charge is -2.26. The maximum atomic E-state index is 12.9. The molecule has 0 radical (unpaired) electrons. The van der Waals surface area contributed by atoms with Crippen LogP contribution in [-0.4, -0.2) is 44.9 Å². The summed E-state index contributed by atoms with van der Waals surface area (Å²) in [6, 6.07) is 14.8. The van der Waals surface area contributed by atoms with Gasteiger partial charge in [0.25, 0.3) is 5.91 Å². The van der Waals surface area contributed by atoms with Crippen molar-refractivity contribution in [2.45, 2.75) is 50.5 Å². The van der Waals surface area contributed by atoms with Gasteiger partial charge in [0.2, 0.25) is 10.0 Å². The molecular weight excluding hydrogens is 412 g/mol. The summed E-state index contributed by atoms with van der Waals surface area (Å²) in [5.74, 6) is -0.260. The van der Waals surface area contributed by atoms with Crippen molar-refractivity contribution >= 4 is 15.9 Å². The van der Waals surface area contributed by atoms with Crippen molar-refractivity contribution in [2.24, 2.45) is 0 Å². The molecule has 1 amide bonds. The number of carbonyl (C=O) groups is 1. The summed E-state index contributed by atoms with van der Waals surface area (Å²) in [7, 11) is -3.57. The van der Waals surface area contributed by atoms with Crippen LogP contribution < -0.4 is 5.32 Å². The summed E-state index contributed by atoms with van der Waals surface area (Å²) < 4.78 is 33.2. The van der Waals surface area contributed by atoms with Crippen LogP contribution in [0, 0.1) is 6.92 Å². The van der Waals surface area contributed by atoms with Gasteiger partial charge in [-0.3, -0.25) is 4.79 Å². The molecule has 1 aliphatic rings. The fraction of sp³-hybridized carbons (Fsp3) is 0.458. The van der Waals surface area contributed by atoms with Crippen LogP contribution in [-0.2, 0) is 14.8 Å². The molecule has 1 heterocycles. The van der Waals surface area contributed by atoms with E-state index < -0.39 is 10.0 Å². The minimum atomic E-state index is -3.57. The number of hydrogen-bond donors (Lipinski definition) is 1. The Kier molecular flexibility index (Phi) is 8.23. The van der Waals surface area contributed by atoms with Crippen LogP contribution >= 0.6 is 0 Å². The molecule has 31 heavy (non-hydrogen) atoms. The summed E-state index contributed by atoms with van der Waals surface area (Å²) in [5, 5.41) is 2.88. The minimum Gasteiger partial charge on any atom is -0.374 e. The molecule has 168 valence electrons. The van der Waals surface area contributed by atoms with E-state index in [1.54, 1.807) is 12.1 Å². The SMILES string of the molecule is Cc1ccc(S(=O)(=O)N2CCCCC2)cc1C(=O)NCCCOC(C)c1ccccc1. The summed E-state index contributed by atoms with van der Waals surface area (Å²) in [4.78, 5) is 12.9. The third kappa shape index (κ3) is 6.15. The van der Waals surface area contributed by atoms with Crippen LogP contribution in [0.2, 0.25) is 0 Å². The second-order valence-corrected chi connectivity index (χ2v) is 9.91. The predicted octanol–water partition coefficient (Wildman–Crippen LogP) is 4.07. The fourth-order valence-corrected chi connectivity index (χ4v) is 5.25. The second-order valence-electron chi connectivity index (χ2n) is 7.97. The molecule has 2 aromatic carbocycles. The highest BCUT2D eigenvalue weighted by Crippen LogP contribution is 2.23. The normalized spacial score (nSPS) is 16.1. The van der Waals surface area contributed by atoms with Crippen LogP contribution in [0.5, 0.6) is 0 Å². The summed E-state index contributed by atoms with van der Waals surface area (Å²) in [6.07, 6.45) is 3.48. The molecule has 0 aromatic heterocycles. The van der Waals surface area contributed by atoms with Crippen LogP contribution in [0.3, 0.4) is 0 Å². The average molecular weight is 445 g/mol. The largest absolute Gasteiger partial charge is 0.374 e. The lowest BCUT2D eigenvalue weighted by Crippen LogP contribution is -2.35. The van der Waals surface area contributed by atoms with Crippen molar-refractivity contribution in [3.8, 4) is 0 Å². The number of amides is 1. The number of hydrogen-bond acceptors (Lipinski definition) is 4. The third-order valence-corrected chi connectivity index (χ3v) is 7.54. The van der Waals surface area contributed by atoms with E-state index in [9.17, 15) is 13.2 Å². The molecular formula is C24H32N2O4S. The monoisotopic (exact) mass is 444 g/mol. The maximum Gasteiger partial charge on any atom is 0.251 e. The van der Waals surface area contributed by atoms with Gasteiger partial charge in [-0.2, -0.15) is 4.31 Å². The van der Waals surface area contributed by atoms with E-state index in [2.05, 4.69) is 5.32 Å². The van der Waals surface area contributed by atoms with Gasteiger partial charge in [0, 0.05) is 31.8 Å². The Morgan fingerprint density at radius 1 is 1.10 bits per heavy atom. The van der Waals surface area contributed by atoms with E-state index in [0.717, 1.165) is 30.4 Å². The smallest absolute Gasteiger partial charge is 0.251 e. The molecule has 1 N–H and O–H groups in total. The Labute approximate surface area is 185 Å². The molecule has 1 aliphatic heterocycles. The molecule has 0 aliphatic carbocycles. The average Bonchev–Trinajstić information content (AvgIpc) is 2.80.